The molecule has 9 heteroatoms. The van der Waals surface area contributed by atoms with Gasteiger partial charge in [-0.05, 0) is 36.7 Å². The Morgan fingerprint density at radius 2 is 2.27 bits per heavy atom. The molecule has 4 N–H and O–H groups in total. The zero-order valence-corrected chi connectivity index (χ0v) is 12.3. The van der Waals surface area contributed by atoms with Crippen LogP contribution in [0.2, 0.25) is 0 Å². The number of halogens is 1. The van der Waals surface area contributed by atoms with E-state index in [-0.39, 0.29) is 22.7 Å². The number of aromatic carboxylic acids is 1. The van der Waals surface area contributed by atoms with E-state index in [2.05, 4.69) is 9.47 Å². The van der Waals surface area contributed by atoms with Gasteiger partial charge in [0.1, 0.15) is 11.5 Å². The van der Waals surface area contributed by atoms with E-state index in [4.69, 9.17) is 16.2 Å². The summed E-state index contributed by atoms with van der Waals surface area (Å²) < 4.78 is 17.3. The van der Waals surface area contributed by atoms with Crippen molar-refractivity contribution < 1.29 is 14.3 Å². The second-order valence-corrected chi connectivity index (χ2v) is 4.87. The molecule has 0 fully saturated rings. The van der Waals surface area contributed by atoms with E-state index in [0.717, 1.165) is 22.6 Å². The maximum atomic E-state index is 13.3. The number of hydrazone groups is 1. The molecule has 1 aromatic carbocycles. The van der Waals surface area contributed by atoms with Gasteiger partial charge in [0.25, 0.3) is 0 Å². The largest absolute Gasteiger partial charge is 0.478 e. The van der Waals surface area contributed by atoms with Crippen molar-refractivity contribution in [3.8, 4) is 0 Å². The summed E-state index contributed by atoms with van der Waals surface area (Å²) in [5.41, 5.74) is 6.15. The Bertz CT molecular complexity index is 758. The van der Waals surface area contributed by atoms with E-state index < -0.39 is 17.7 Å². The number of nitrogens with zero attached hydrogens (tertiary/aromatic N) is 3. The van der Waals surface area contributed by atoms with Crippen molar-refractivity contribution in [3.63, 3.8) is 0 Å². The lowest BCUT2D eigenvalue weighted by Gasteiger charge is -2.17. The van der Waals surface area contributed by atoms with Gasteiger partial charge < -0.3 is 10.8 Å². The van der Waals surface area contributed by atoms with Gasteiger partial charge in [-0.25, -0.2) is 14.2 Å². The number of guanidine groups is 1. The van der Waals surface area contributed by atoms with E-state index in [0.29, 0.717) is 0 Å². The molecule has 0 atom stereocenters. The molecule has 0 radical (unpaired) electrons. The summed E-state index contributed by atoms with van der Waals surface area (Å²) in [5, 5.41) is 23.1. The minimum absolute atomic E-state index is 0.00833. The van der Waals surface area contributed by atoms with Crippen LogP contribution in [0.5, 0.6) is 0 Å². The summed E-state index contributed by atoms with van der Waals surface area (Å²) in [4.78, 5) is 11.1. The van der Waals surface area contributed by atoms with E-state index in [9.17, 15) is 9.18 Å². The van der Waals surface area contributed by atoms with Gasteiger partial charge in [0.05, 0.1) is 17.0 Å². The van der Waals surface area contributed by atoms with Gasteiger partial charge in [0.15, 0.2) is 0 Å². The highest BCUT2D eigenvalue weighted by Gasteiger charge is 2.17. The summed E-state index contributed by atoms with van der Waals surface area (Å²) >= 11 is 0.982. The average Bonchev–Trinajstić information content (AvgIpc) is 2.93. The summed E-state index contributed by atoms with van der Waals surface area (Å²) in [7, 11) is 0. The predicted octanol–water partition coefficient (Wildman–Crippen LogP) is 2.10. The third-order valence-corrected chi connectivity index (χ3v) is 3.30. The molecule has 2 aromatic rings. The molecule has 0 spiro atoms. The number of carboxylic acids is 1. The number of hydrogen-bond donors (Lipinski definition) is 3. The smallest absolute Gasteiger partial charge is 0.338 e. The average molecular weight is 321 g/mol. The zero-order chi connectivity index (χ0) is 16.3. The number of anilines is 1. The van der Waals surface area contributed by atoms with Crippen LogP contribution < -0.4 is 10.7 Å². The van der Waals surface area contributed by atoms with Crippen molar-refractivity contribution in [2.45, 2.75) is 6.92 Å². The van der Waals surface area contributed by atoms with Gasteiger partial charge in [-0.15, -0.1) is 0 Å². The molecule has 1 aromatic heterocycles. The molecule has 0 aliphatic heterocycles. The fourth-order valence-corrected chi connectivity index (χ4v) is 2.41. The summed E-state index contributed by atoms with van der Waals surface area (Å²) in [6, 6.07) is 5.40. The number of nitrogens with two attached hydrogens (primary N) is 1. The summed E-state index contributed by atoms with van der Waals surface area (Å²) in [5.74, 6) is -2.06. The third kappa shape index (κ3) is 3.26. The zero-order valence-electron chi connectivity index (χ0n) is 11.4. The quantitative estimate of drug-likeness (QED) is 0.453. The Morgan fingerprint density at radius 1 is 1.55 bits per heavy atom. The lowest BCUT2D eigenvalue weighted by Crippen LogP contribution is -2.33. The van der Waals surface area contributed by atoms with E-state index in [1.807, 2.05) is 0 Å². The first-order valence-corrected chi connectivity index (χ1v) is 6.86. The minimum Gasteiger partial charge on any atom is -0.478 e. The third-order valence-electron chi connectivity index (χ3n) is 2.67. The predicted molar refractivity (Wildman–Crippen MR) is 82.1 cm³/mol. The monoisotopic (exact) mass is 321 g/mol. The van der Waals surface area contributed by atoms with Crippen molar-refractivity contribution in [1.82, 2.24) is 4.37 Å². The molecule has 7 nitrogen and oxygen atoms in total. The Balaban J connectivity index is 2.44. The fourth-order valence-electron chi connectivity index (χ4n) is 1.71. The van der Waals surface area contributed by atoms with Gasteiger partial charge in [0.2, 0.25) is 5.96 Å². The summed E-state index contributed by atoms with van der Waals surface area (Å²) in [6.07, 6.45) is 0. The van der Waals surface area contributed by atoms with E-state index in [1.54, 1.807) is 0 Å². The number of benzene rings is 1. The van der Waals surface area contributed by atoms with Crippen LogP contribution in [-0.4, -0.2) is 27.1 Å². The molecule has 0 amide bonds. The number of hydrogen-bond acceptors (Lipinski definition) is 5. The minimum atomic E-state index is -1.13. The van der Waals surface area contributed by atoms with Gasteiger partial charge in [0, 0.05) is 5.38 Å². The van der Waals surface area contributed by atoms with E-state index in [1.165, 1.54) is 30.5 Å². The maximum absolute atomic E-state index is 13.3. The lowest BCUT2D eigenvalue weighted by molar-refractivity contribution is 0.0697. The van der Waals surface area contributed by atoms with Crippen LogP contribution in [0.25, 0.3) is 0 Å². The van der Waals surface area contributed by atoms with Crippen molar-refractivity contribution >= 4 is 34.9 Å². The first-order valence-electron chi connectivity index (χ1n) is 6.03. The fraction of sp³-hybridized carbons (Fsp3) is 0.0769. The molecular weight excluding hydrogens is 309 g/mol. The molecule has 0 saturated heterocycles. The molecule has 0 saturated carbocycles. The highest BCUT2D eigenvalue weighted by atomic mass is 32.1. The van der Waals surface area contributed by atoms with Crippen LogP contribution in [-0.2, 0) is 0 Å². The molecule has 22 heavy (non-hydrogen) atoms. The standard InChI is InChI=1S/C13H12FN5O2S/c1-7(11-10(12(20)21)6-22-18-11)17-19(13(15)16)9-4-2-3-8(14)5-9/h2-6H,1H3,(H3,15,16)(H,20,21)/b17-7+. The Hall–Kier alpha value is -2.81. The van der Waals surface area contributed by atoms with Gasteiger partial charge >= 0.3 is 5.97 Å². The number of aromatic nitrogens is 1. The molecule has 0 aliphatic carbocycles. The van der Waals surface area contributed by atoms with Crippen molar-refractivity contribution in [2.24, 2.45) is 10.8 Å². The Kier molecular flexibility index (Phi) is 4.47. The molecule has 0 bridgehead atoms. The number of carboxylic acid groups (broad SMARTS) is 1. The Labute approximate surface area is 129 Å². The van der Waals surface area contributed by atoms with Crippen LogP contribution >= 0.6 is 11.5 Å². The van der Waals surface area contributed by atoms with Crippen molar-refractivity contribution in [1.29, 1.82) is 5.41 Å². The van der Waals surface area contributed by atoms with E-state index >= 15 is 0 Å². The number of carbonyl (C=O) groups is 1. The van der Waals surface area contributed by atoms with Crippen LogP contribution in [0.1, 0.15) is 23.0 Å². The second-order valence-electron chi connectivity index (χ2n) is 4.24. The van der Waals surface area contributed by atoms with Gasteiger partial charge in [-0.2, -0.15) is 9.47 Å². The van der Waals surface area contributed by atoms with Crippen LogP contribution in [0, 0.1) is 11.2 Å². The molecule has 0 unspecified atom stereocenters. The maximum Gasteiger partial charge on any atom is 0.338 e. The summed E-state index contributed by atoms with van der Waals surface area (Å²) in [6.45, 7) is 1.54. The van der Waals surface area contributed by atoms with Crippen molar-refractivity contribution in [2.75, 3.05) is 5.01 Å². The first kappa shape index (κ1) is 15.6. The van der Waals surface area contributed by atoms with Crippen LogP contribution in [0.15, 0.2) is 34.7 Å². The normalized spacial score (nSPS) is 11.3. The highest BCUT2D eigenvalue weighted by Crippen LogP contribution is 2.18. The van der Waals surface area contributed by atoms with Crippen molar-refractivity contribution in [3.05, 3.63) is 46.7 Å². The molecule has 0 aliphatic rings. The number of nitrogens with one attached hydrogen (secondary N) is 1. The topological polar surface area (TPSA) is 116 Å². The SMILES string of the molecule is C/C(=N\N(C(=N)N)c1cccc(F)c1)c1nscc1C(=O)O. The lowest BCUT2D eigenvalue weighted by atomic mass is 10.2. The molecule has 114 valence electrons. The van der Waals surface area contributed by atoms with Crippen LogP contribution in [0.4, 0.5) is 10.1 Å². The molecular formula is C13H12FN5O2S. The van der Waals surface area contributed by atoms with Crippen LogP contribution in [0.3, 0.4) is 0 Å². The second kappa shape index (κ2) is 6.31. The van der Waals surface area contributed by atoms with Gasteiger partial charge in [-0.3, -0.25) is 5.41 Å². The van der Waals surface area contributed by atoms with Gasteiger partial charge in [-0.1, -0.05) is 6.07 Å². The molecule has 2 rings (SSSR count). The Morgan fingerprint density at radius 3 is 2.86 bits per heavy atom. The highest BCUT2D eigenvalue weighted by molar-refractivity contribution is 7.04. The first-order chi connectivity index (χ1) is 10.4. The number of rotatable bonds is 4. The molecule has 1 heterocycles.